The first-order valence-corrected chi connectivity index (χ1v) is 5.42. The fourth-order valence-corrected chi connectivity index (χ4v) is 1.48. The predicted octanol–water partition coefficient (Wildman–Crippen LogP) is 1.21. The minimum atomic E-state index is -0.706. The van der Waals surface area contributed by atoms with Crippen molar-refractivity contribution in [2.75, 3.05) is 13.2 Å². The maximum absolute atomic E-state index is 13.1. The molecule has 0 amide bonds. The molecular weight excluding hydrogens is 225 g/mol. The molecule has 1 aromatic carbocycles. The SMILES string of the molecule is CCOC(=O)C(CN)Cc1ccc(O)c(F)c1. The Bertz CT molecular complexity index is 395. The summed E-state index contributed by atoms with van der Waals surface area (Å²) in [6, 6.07) is 4.00. The fourth-order valence-electron chi connectivity index (χ4n) is 1.48. The number of hydrogen-bond acceptors (Lipinski definition) is 4. The third-order valence-electron chi connectivity index (χ3n) is 2.40. The Morgan fingerprint density at radius 2 is 2.29 bits per heavy atom. The van der Waals surface area contributed by atoms with Gasteiger partial charge in [-0.1, -0.05) is 6.07 Å². The molecule has 0 aliphatic carbocycles. The van der Waals surface area contributed by atoms with Crippen LogP contribution in [0.1, 0.15) is 12.5 Å². The molecule has 0 radical (unpaired) electrons. The number of carbonyl (C=O) groups is 1. The molecule has 0 saturated heterocycles. The summed E-state index contributed by atoms with van der Waals surface area (Å²) >= 11 is 0. The number of aromatic hydroxyl groups is 1. The zero-order valence-electron chi connectivity index (χ0n) is 9.65. The van der Waals surface area contributed by atoms with Crippen LogP contribution < -0.4 is 5.73 Å². The summed E-state index contributed by atoms with van der Waals surface area (Å²) < 4.78 is 17.9. The molecule has 0 spiro atoms. The quantitative estimate of drug-likeness (QED) is 0.760. The van der Waals surface area contributed by atoms with Gasteiger partial charge >= 0.3 is 5.97 Å². The van der Waals surface area contributed by atoms with E-state index < -0.39 is 17.5 Å². The van der Waals surface area contributed by atoms with E-state index in [0.29, 0.717) is 18.6 Å². The van der Waals surface area contributed by atoms with Crippen molar-refractivity contribution >= 4 is 5.97 Å². The van der Waals surface area contributed by atoms with Gasteiger partial charge in [-0.2, -0.15) is 0 Å². The Morgan fingerprint density at radius 3 is 2.82 bits per heavy atom. The molecule has 1 rings (SSSR count). The molecule has 1 unspecified atom stereocenters. The van der Waals surface area contributed by atoms with Crippen LogP contribution in [-0.4, -0.2) is 24.2 Å². The smallest absolute Gasteiger partial charge is 0.310 e. The summed E-state index contributed by atoms with van der Waals surface area (Å²) in [4.78, 5) is 11.5. The Hall–Kier alpha value is -1.62. The summed E-state index contributed by atoms with van der Waals surface area (Å²) in [5.74, 6) is -1.99. The number of nitrogens with two attached hydrogens (primary N) is 1. The fraction of sp³-hybridized carbons (Fsp3) is 0.417. The lowest BCUT2D eigenvalue weighted by atomic mass is 9.99. The van der Waals surface area contributed by atoms with Gasteiger partial charge in [-0.25, -0.2) is 4.39 Å². The van der Waals surface area contributed by atoms with E-state index in [-0.39, 0.29) is 12.5 Å². The molecule has 0 heterocycles. The highest BCUT2D eigenvalue weighted by Gasteiger charge is 2.19. The van der Waals surface area contributed by atoms with Crippen LogP contribution in [0.15, 0.2) is 18.2 Å². The maximum Gasteiger partial charge on any atom is 0.310 e. The van der Waals surface area contributed by atoms with Gasteiger partial charge in [0.15, 0.2) is 11.6 Å². The first kappa shape index (κ1) is 13.4. The van der Waals surface area contributed by atoms with Gasteiger partial charge in [0.05, 0.1) is 12.5 Å². The average molecular weight is 241 g/mol. The minimum absolute atomic E-state index is 0.140. The number of halogens is 1. The molecule has 3 N–H and O–H groups in total. The van der Waals surface area contributed by atoms with Gasteiger partial charge in [0.1, 0.15) is 0 Å². The third-order valence-corrected chi connectivity index (χ3v) is 2.40. The van der Waals surface area contributed by atoms with E-state index in [0.717, 1.165) is 0 Å². The van der Waals surface area contributed by atoms with Crippen LogP contribution in [-0.2, 0) is 16.0 Å². The van der Waals surface area contributed by atoms with Crippen LogP contribution >= 0.6 is 0 Å². The number of esters is 1. The molecule has 0 aromatic heterocycles. The van der Waals surface area contributed by atoms with Gasteiger partial charge in [-0.05, 0) is 31.0 Å². The van der Waals surface area contributed by atoms with Crippen LogP contribution in [0.4, 0.5) is 4.39 Å². The molecule has 0 aliphatic rings. The molecule has 94 valence electrons. The first-order valence-electron chi connectivity index (χ1n) is 5.42. The second kappa shape index (κ2) is 6.20. The van der Waals surface area contributed by atoms with Gasteiger partial charge in [0.25, 0.3) is 0 Å². The second-order valence-corrected chi connectivity index (χ2v) is 3.67. The monoisotopic (exact) mass is 241 g/mol. The lowest BCUT2D eigenvalue weighted by molar-refractivity contribution is -0.147. The van der Waals surface area contributed by atoms with Crippen molar-refractivity contribution < 1.29 is 19.0 Å². The van der Waals surface area contributed by atoms with Crippen molar-refractivity contribution in [3.63, 3.8) is 0 Å². The number of benzene rings is 1. The van der Waals surface area contributed by atoms with Crippen LogP contribution in [0.3, 0.4) is 0 Å². The van der Waals surface area contributed by atoms with E-state index in [1.54, 1.807) is 13.0 Å². The molecular formula is C12H16FNO3. The number of carbonyl (C=O) groups excluding carboxylic acids is 1. The van der Waals surface area contributed by atoms with Crippen molar-refractivity contribution in [2.45, 2.75) is 13.3 Å². The van der Waals surface area contributed by atoms with E-state index >= 15 is 0 Å². The van der Waals surface area contributed by atoms with Gasteiger partial charge in [-0.15, -0.1) is 0 Å². The van der Waals surface area contributed by atoms with Crippen LogP contribution in [0.2, 0.25) is 0 Å². The zero-order chi connectivity index (χ0) is 12.8. The van der Waals surface area contributed by atoms with Gasteiger partial charge in [0.2, 0.25) is 0 Å². The van der Waals surface area contributed by atoms with E-state index in [1.165, 1.54) is 12.1 Å². The molecule has 1 atom stereocenters. The third kappa shape index (κ3) is 3.71. The topological polar surface area (TPSA) is 72.5 Å². The molecule has 0 fully saturated rings. The van der Waals surface area contributed by atoms with Crippen molar-refractivity contribution in [1.29, 1.82) is 0 Å². The van der Waals surface area contributed by atoms with Gasteiger partial charge in [0, 0.05) is 6.54 Å². The summed E-state index contributed by atoms with van der Waals surface area (Å²) in [7, 11) is 0. The highest BCUT2D eigenvalue weighted by atomic mass is 19.1. The van der Waals surface area contributed by atoms with Crippen molar-refractivity contribution in [3.8, 4) is 5.75 Å². The highest BCUT2D eigenvalue weighted by Crippen LogP contribution is 2.18. The maximum atomic E-state index is 13.1. The number of ether oxygens (including phenoxy) is 1. The number of phenols is 1. The lowest BCUT2D eigenvalue weighted by Crippen LogP contribution is -2.27. The second-order valence-electron chi connectivity index (χ2n) is 3.67. The molecule has 0 saturated carbocycles. The molecule has 0 aliphatic heterocycles. The number of rotatable bonds is 5. The van der Waals surface area contributed by atoms with Crippen molar-refractivity contribution in [1.82, 2.24) is 0 Å². The molecule has 17 heavy (non-hydrogen) atoms. The standard InChI is InChI=1S/C12H16FNO3/c1-2-17-12(16)9(7-14)5-8-3-4-11(15)10(13)6-8/h3-4,6,9,15H,2,5,7,14H2,1H3. The Morgan fingerprint density at radius 1 is 1.59 bits per heavy atom. The summed E-state index contributed by atoms with van der Waals surface area (Å²) in [6.07, 6.45) is 0.298. The van der Waals surface area contributed by atoms with Crippen LogP contribution in [0.25, 0.3) is 0 Å². The zero-order valence-corrected chi connectivity index (χ0v) is 9.65. The Balaban J connectivity index is 2.73. The summed E-state index contributed by atoms with van der Waals surface area (Å²) in [5, 5.41) is 9.04. The predicted molar refractivity (Wildman–Crippen MR) is 60.9 cm³/mol. The Labute approximate surface area is 99.2 Å². The lowest BCUT2D eigenvalue weighted by Gasteiger charge is -2.13. The average Bonchev–Trinajstić information content (AvgIpc) is 2.30. The largest absolute Gasteiger partial charge is 0.505 e. The number of hydrogen-bond donors (Lipinski definition) is 2. The normalized spacial score (nSPS) is 12.2. The van der Waals surface area contributed by atoms with E-state index in [2.05, 4.69) is 0 Å². The molecule has 5 heteroatoms. The van der Waals surface area contributed by atoms with E-state index in [9.17, 15) is 9.18 Å². The molecule has 4 nitrogen and oxygen atoms in total. The van der Waals surface area contributed by atoms with Crippen molar-refractivity contribution in [2.24, 2.45) is 11.7 Å². The molecule has 1 aromatic rings. The summed E-state index contributed by atoms with van der Waals surface area (Å²) in [6.45, 7) is 2.15. The van der Waals surface area contributed by atoms with E-state index in [4.69, 9.17) is 15.6 Å². The first-order chi connectivity index (χ1) is 8.08. The highest BCUT2D eigenvalue weighted by molar-refractivity contribution is 5.73. The molecule has 0 bridgehead atoms. The van der Waals surface area contributed by atoms with Crippen LogP contribution in [0.5, 0.6) is 5.75 Å². The van der Waals surface area contributed by atoms with E-state index in [1.807, 2.05) is 0 Å². The van der Waals surface area contributed by atoms with Gasteiger partial charge in [-0.3, -0.25) is 4.79 Å². The van der Waals surface area contributed by atoms with Gasteiger partial charge < -0.3 is 15.6 Å². The van der Waals surface area contributed by atoms with Crippen molar-refractivity contribution in [3.05, 3.63) is 29.6 Å². The Kier molecular flexibility index (Phi) is 4.90. The van der Waals surface area contributed by atoms with Crippen LogP contribution in [0, 0.1) is 11.7 Å². The summed E-state index contributed by atoms with van der Waals surface area (Å²) in [5.41, 5.74) is 6.08. The minimum Gasteiger partial charge on any atom is -0.505 e. The number of phenolic OH excluding ortho intramolecular Hbond substituents is 1.